The number of likely N-dealkylation sites (N-methyl/N-ethyl adjacent to an activating group) is 1. The maximum Gasteiger partial charge on any atom is 0.291 e. The van der Waals surface area contributed by atoms with Crippen LogP contribution in [0.5, 0.6) is 5.75 Å². The van der Waals surface area contributed by atoms with Crippen molar-refractivity contribution in [3.63, 3.8) is 0 Å². The summed E-state index contributed by atoms with van der Waals surface area (Å²) in [5, 5.41) is 19.1. The Morgan fingerprint density at radius 1 is 1.31 bits per heavy atom. The van der Waals surface area contributed by atoms with Crippen LogP contribution >= 0.6 is 0 Å². The number of H-pyrrole nitrogens is 1. The highest BCUT2D eigenvalue weighted by molar-refractivity contribution is 6.02. The minimum absolute atomic E-state index is 0.0799. The van der Waals surface area contributed by atoms with Gasteiger partial charge < -0.3 is 20.1 Å². The lowest BCUT2D eigenvalue weighted by molar-refractivity contribution is -0.120. The van der Waals surface area contributed by atoms with Crippen LogP contribution in [0.3, 0.4) is 0 Å². The fourth-order valence-corrected chi connectivity index (χ4v) is 3.40. The van der Waals surface area contributed by atoms with Gasteiger partial charge in [0, 0.05) is 19.0 Å². The lowest BCUT2D eigenvalue weighted by atomic mass is 10.1. The Labute approximate surface area is 201 Å². The number of halogens is 1. The predicted molar refractivity (Wildman–Crippen MR) is 125 cm³/mol. The van der Waals surface area contributed by atoms with E-state index in [4.69, 9.17) is 4.74 Å². The van der Waals surface area contributed by atoms with Gasteiger partial charge >= 0.3 is 0 Å². The van der Waals surface area contributed by atoms with E-state index in [1.807, 2.05) is 0 Å². The smallest absolute Gasteiger partial charge is 0.291 e. The summed E-state index contributed by atoms with van der Waals surface area (Å²) in [6, 6.07) is 10.1. The zero-order valence-corrected chi connectivity index (χ0v) is 19.4. The van der Waals surface area contributed by atoms with Crippen molar-refractivity contribution >= 4 is 17.5 Å². The van der Waals surface area contributed by atoms with E-state index in [0.29, 0.717) is 29.2 Å². The van der Waals surface area contributed by atoms with Crippen LogP contribution in [0.2, 0.25) is 0 Å². The van der Waals surface area contributed by atoms with Crippen LogP contribution < -0.4 is 15.0 Å². The van der Waals surface area contributed by atoms with Gasteiger partial charge in [-0.05, 0) is 49.7 Å². The second-order valence-corrected chi connectivity index (χ2v) is 8.63. The normalized spacial score (nSPS) is 15.4. The van der Waals surface area contributed by atoms with Crippen LogP contribution in [0.25, 0.3) is 0 Å². The molecule has 10 heteroatoms. The number of rotatable bonds is 4. The molecule has 4 rings (SSSR count). The van der Waals surface area contributed by atoms with Crippen LogP contribution in [0, 0.1) is 17.7 Å². The molecule has 0 unspecified atom stereocenters. The third-order valence-corrected chi connectivity index (χ3v) is 5.19. The summed E-state index contributed by atoms with van der Waals surface area (Å²) in [7, 11) is 1.58. The van der Waals surface area contributed by atoms with E-state index < -0.39 is 17.6 Å². The highest BCUT2D eigenvalue weighted by atomic mass is 19.1. The molecule has 9 nitrogen and oxygen atoms in total. The lowest BCUT2D eigenvalue weighted by Crippen LogP contribution is -2.49. The third-order valence-electron chi connectivity index (χ3n) is 5.19. The molecule has 0 bridgehead atoms. The molecule has 0 fully saturated rings. The number of anilines is 1. The van der Waals surface area contributed by atoms with Gasteiger partial charge in [0.05, 0.1) is 5.69 Å². The number of hydrogen-bond acceptors (Lipinski definition) is 6. The van der Waals surface area contributed by atoms with E-state index >= 15 is 0 Å². The molecular weight excluding hydrogens is 453 g/mol. The highest BCUT2D eigenvalue weighted by Crippen LogP contribution is 2.31. The molecule has 0 saturated carbocycles. The number of aliphatic hydroxyl groups is 1. The number of benzene rings is 2. The number of hydrogen-bond donors (Lipinski definition) is 3. The number of carbonyl (C=O) groups is 2. The number of nitrogens with one attached hydrogen (secondary N) is 2. The Hall–Kier alpha value is -4.23. The summed E-state index contributed by atoms with van der Waals surface area (Å²) in [6.07, 6.45) is 0.336. The number of amides is 2. The van der Waals surface area contributed by atoms with Crippen molar-refractivity contribution in [2.75, 3.05) is 18.6 Å². The van der Waals surface area contributed by atoms with E-state index in [9.17, 15) is 19.1 Å². The first kappa shape index (κ1) is 23.9. The standard InChI is InChI=1S/C25H24FN5O4/c1-25(2,34)11-10-16-6-9-20-19(12-16)31(3)24(33)18(14-35-20)27-23(32)22-28-21(29-30-22)13-15-4-7-17(26)8-5-15/h4-9,12,18,34H,13-14H2,1-3H3,(H,27,32)(H,28,29,30)/t18-/m0/s1. The molecule has 3 N–H and O–H groups in total. The van der Waals surface area contributed by atoms with Gasteiger partial charge in [-0.15, -0.1) is 5.10 Å². The van der Waals surface area contributed by atoms with E-state index in [0.717, 1.165) is 5.56 Å². The fourth-order valence-electron chi connectivity index (χ4n) is 3.40. The van der Waals surface area contributed by atoms with Crippen molar-refractivity contribution in [2.45, 2.75) is 31.9 Å². The Bertz CT molecular complexity index is 1320. The fraction of sp³-hybridized carbons (Fsp3) is 0.280. The van der Waals surface area contributed by atoms with Crippen molar-refractivity contribution < 1.29 is 23.8 Å². The average molecular weight is 477 g/mol. The van der Waals surface area contributed by atoms with Gasteiger partial charge in [0.2, 0.25) is 5.82 Å². The van der Waals surface area contributed by atoms with Gasteiger partial charge in [-0.1, -0.05) is 24.0 Å². The van der Waals surface area contributed by atoms with Gasteiger partial charge in [-0.2, -0.15) is 0 Å². The molecule has 2 heterocycles. The zero-order chi connectivity index (χ0) is 25.2. The Balaban J connectivity index is 1.45. The SMILES string of the molecule is CN1C(=O)[C@@H](NC(=O)c2n[nH]c(Cc3ccc(F)cc3)n2)COc2ccc(C#CC(C)(C)O)cc21. The average Bonchev–Trinajstić information content (AvgIpc) is 3.25. The number of nitrogens with zero attached hydrogens (tertiary/aromatic N) is 3. The van der Waals surface area contributed by atoms with Crippen molar-refractivity contribution in [1.29, 1.82) is 0 Å². The molecule has 3 aromatic rings. The summed E-state index contributed by atoms with van der Waals surface area (Å²) in [5.74, 6) is 5.02. The van der Waals surface area contributed by atoms with E-state index in [2.05, 4.69) is 32.3 Å². The molecule has 1 aliphatic heterocycles. The largest absolute Gasteiger partial charge is 0.489 e. The maximum atomic E-state index is 13.1. The lowest BCUT2D eigenvalue weighted by Gasteiger charge is -2.20. The van der Waals surface area contributed by atoms with E-state index in [-0.39, 0.29) is 24.2 Å². The molecule has 1 atom stereocenters. The number of ether oxygens (including phenoxy) is 1. The first-order chi connectivity index (χ1) is 16.6. The molecule has 0 aliphatic carbocycles. The van der Waals surface area contributed by atoms with Crippen molar-refractivity contribution in [3.8, 4) is 17.6 Å². The van der Waals surface area contributed by atoms with Crippen molar-refractivity contribution in [2.24, 2.45) is 0 Å². The van der Waals surface area contributed by atoms with Gasteiger partial charge in [0.1, 0.15) is 35.6 Å². The molecule has 0 radical (unpaired) electrons. The molecule has 1 aromatic heterocycles. The number of carbonyl (C=O) groups excluding carboxylic acids is 2. The third kappa shape index (κ3) is 5.83. The maximum absolute atomic E-state index is 13.1. The topological polar surface area (TPSA) is 120 Å². The van der Waals surface area contributed by atoms with Crippen molar-refractivity contribution in [3.05, 3.63) is 71.1 Å². The number of aromatic nitrogens is 3. The molecule has 1 aliphatic rings. The first-order valence-corrected chi connectivity index (χ1v) is 10.9. The van der Waals surface area contributed by atoms with Gasteiger partial charge in [-0.25, -0.2) is 9.37 Å². The monoisotopic (exact) mass is 477 g/mol. The minimum atomic E-state index is -1.15. The molecular formula is C25H24FN5O4. The van der Waals surface area contributed by atoms with Crippen LogP contribution in [0.15, 0.2) is 42.5 Å². The minimum Gasteiger partial charge on any atom is -0.489 e. The van der Waals surface area contributed by atoms with Gasteiger partial charge in [-0.3, -0.25) is 14.7 Å². The molecule has 0 saturated heterocycles. The van der Waals surface area contributed by atoms with Crippen LogP contribution in [-0.4, -0.2) is 57.4 Å². The van der Waals surface area contributed by atoms with E-state index in [1.54, 1.807) is 51.2 Å². The highest BCUT2D eigenvalue weighted by Gasteiger charge is 2.31. The van der Waals surface area contributed by atoms with Gasteiger partial charge in [0.25, 0.3) is 11.8 Å². The molecule has 180 valence electrons. The summed E-state index contributed by atoms with van der Waals surface area (Å²) in [4.78, 5) is 31.3. The molecule has 0 spiro atoms. The summed E-state index contributed by atoms with van der Waals surface area (Å²) >= 11 is 0. The van der Waals surface area contributed by atoms with Crippen LogP contribution in [0.1, 0.15) is 41.4 Å². The summed E-state index contributed by atoms with van der Waals surface area (Å²) in [5.41, 5.74) is 0.743. The summed E-state index contributed by atoms with van der Waals surface area (Å²) < 4.78 is 18.9. The van der Waals surface area contributed by atoms with Gasteiger partial charge in [0.15, 0.2) is 0 Å². The predicted octanol–water partition coefficient (Wildman–Crippen LogP) is 1.81. The second-order valence-electron chi connectivity index (χ2n) is 8.63. The van der Waals surface area contributed by atoms with Crippen LogP contribution in [-0.2, 0) is 11.2 Å². The number of fused-ring (bicyclic) bond motifs is 1. The molecule has 2 aromatic carbocycles. The Kier molecular flexibility index (Phi) is 6.53. The second kappa shape index (κ2) is 9.56. The quantitative estimate of drug-likeness (QED) is 0.493. The zero-order valence-electron chi connectivity index (χ0n) is 19.4. The molecule has 35 heavy (non-hydrogen) atoms. The summed E-state index contributed by atoms with van der Waals surface area (Å²) in [6.45, 7) is 3.08. The molecule has 2 amide bonds. The Morgan fingerprint density at radius 3 is 2.77 bits per heavy atom. The van der Waals surface area contributed by atoms with Crippen LogP contribution in [0.4, 0.5) is 10.1 Å². The van der Waals surface area contributed by atoms with Crippen molar-refractivity contribution in [1.82, 2.24) is 20.5 Å². The number of aromatic amines is 1. The van der Waals surface area contributed by atoms with E-state index in [1.165, 1.54) is 17.0 Å². The first-order valence-electron chi connectivity index (χ1n) is 10.9. The Morgan fingerprint density at radius 2 is 2.06 bits per heavy atom.